The Balaban J connectivity index is 1.83. The standard InChI is InChI=1S/C20H26N4O3/c1-14-6-4-5-7-16(14)19-17(12-18(25)24(19)10-11-27-3)20(26)21-13-15-8-9-22-23(15)2/h4-9,17,19H,10-13H2,1-3H3,(H,21,26)/t17-,19+/m1/s1. The third-order valence-electron chi connectivity index (χ3n) is 5.18. The molecule has 0 saturated carbocycles. The number of nitrogens with one attached hydrogen (secondary N) is 1. The molecule has 1 aromatic carbocycles. The van der Waals surface area contributed by atoms with E-state index in [4.69, 9.17) is 4.74 Å². The van der Waals surface area contributed by atoms with Crippen molar-refractivity contribution in [1.29, 1.82) is 0 Å². The van der Waals surface area contributed by atoms with E-state index in [1.165, 1.54) is 0 Å². The van der Waals surface area contributed by atoms with Gasteiger partial charge in [0.1, 0.15) is 0 Å². The summed E-state index contributed by atoms with van der Waals surface area (Å²) in [5, 5.41) is 7.09. The van der Waals surface area contributed by atoms with Crippen LogP contribution in [0.1, 0.15) is 29.3 Å². The van der Waals surface area contributed by atoms with E-state index in [9.17, 15) is 9.59 Å². The molecule has 27 heavy (non-hydrogen) atoms. The molecule has 1 aliphatic rings. The van der Waals surface area contributed by atoms with Crippen LogP contribution in [0.25, 0.3) is 0 Å². The van der Waals surface area contributed by atoms with Gasteiger partial charge in [0.25, 0.3) is 0 Å². The van der Waals surface area contributed by atoms with Crippen molar-refractivity contribution < 1.29 is 14.3 Å². The van der Waals surface area contributed by atoms with Gasteiger partial charge >= 0.3 is 0 Å². The van der Waals surface area contributed by atoms with E-state index in [0.717, 1.165) is 16.8 Å². The van der Waals surface area contributed by atoms with Gasteiger partial charge in [0, 0.05) is 33.3 Å². The van der Waals surface area contributed by atoms with Gasteiger partial charge in [0.2, 0.25) is 11.8 Å². The van der Waals surface area contributed by atoms with Crippen molar-refractivity contribution in [3.63, 3.8) is 0 Å². The Morgan fingerprint density at radius 1 is 1.33 bits per heavy atom. The Morgan fingerprint density at radius 3 is 2.78 bits per heavy atom. The summed E-state index contributed by atoms with van der Waals surface area (Å²) < 4.78 is 6.89. The average molecular weight is 370 g/mol. The highest BCUT2D eigenvalue weighted by Crippen LogP contribution is 2.39. The van der Waals surface area contributed by atoms with E-state index < -0.39 is 5.92 Å². The van der Waals surface area contributed by atoms with Gasteiger partial charge in [0.05, 0.1) is 30.8 Å². The number of hydrogen-bond donors (Lipinski definition) is 1. The minimum absolute atomic E-state index is 0.0130. The van der Waals surface area contributed by atoms with Crippen molar-refractivity contribution in [1.82, 2.24) is 20.0 Å². The fourth-order valence-electron chi connectivity index (χ4n) is 3.67. The van der Waals surface area contributed by atoms with Gasteiger partial charge in [-0.3, -0.25) is 14.3 Å². The zero-order chi connectivity index (χ0) is 19.4. The molecule has 0 spiro atoms. The number of likely N-dealkylation sites (tertiary alicyclic amines) is 1. The molecule has 1 fully saturated rings. The predicted octanol–water partition coefficient (Wildman–Crippen LogP) is 1.58. The summed E-state index contributed by atoms with van der Waals surface area (Å²) in [5.41, 5.74) is 3.00. The second kappa shape index (κ2) is 8.35. The monoisotopic (exact) mass is 370 g/mol. The highest BCUT2D eigenvalue weighted by Gasteiger charge is 2.44. The highest BCUT2D eigenvalue weighted by atomic mass is 16.5. The highest BCUT2D eigenvalue weighted by molar-refractivity contribution is 5.90. The SMILES string of the molecule is COCCN1C(=O)C[C@@H](C(=O)NCc2ccnn2C)[C@@H]1c1ccccc1C. The summed E-state index contributed by atoms with van der Waals surface area (Å²) in [4.78, 5) is 27.4. The number of aryl methyl sites for hydroxylation is 2. The quantitative estimate of drug-likeness (QED) is 0.803. The van der Waals surface area contributed by atoms with Crippen molar-refractivity contribution in [3.05, 3.63) is 53.3 Å². The smallest absolute Gasteiger partial charge is 0.226 e. The number of aromatic nitrogens is 2. The van der Waals surface area contributed by atoms with Gasteiger partial charge < -0.3 is 15.0 Å². The summed E-state index contributed by atoms with van der Waals surface area (Å²) in [5.74, 6) is -0.553. The first-order chi connectivity index (χ1) is 13.0. The number of ether oxygens (including phenoxy) is 1. The van der Waals surface area contributed by atoms with Crippen molar-refractivity contribution >= 4 is 11.8 Å². The lowest BCUT2D eigenvalue weighted by Crippen LogP contribution is -2.37. The fraction of sp³-hybridized carbons (Fsp3) is 0.450. The number of rotatable bonds is 7. The third kappa shape index (κ3) is 4.03. The van der Waals surface area contributed by atoms with Gasteiger partial charge in [0.15, 0.2) is 0 Å². The Labute approximate surface area is 159 Å². The Kier molecular flexibility index (Phi) is 5.91. The molecule has 0 unspecified atom stereocenters. The molecule has 0 radical (unpaired) electrons. The summed E-state index contributed by atoms with van der Waals surface area (Å²) in [6.07, 6.45) is 1.91. The summed E-state index contributed by atoms with van der Waals surface area (Å²) in [6, 6.07) is 9.51. The molecule has 7 nitrogen and oxygen atoms in total. The molecule has 2 heterocycles. The topological polar surface area (TPSA) is 76.5 Å². The summed E-state index contributed by atoms with van der Waals surface area (Å²) in [7, 11) is 3.45. The molecular weight excluding hydrogens is 344 g/mol. The van der Waals surface area contributed by atoms with Crippen LogP contribution in [0, 0.1) is 12.8 Å². The lowest BCUT2D eigenvalue weighted by Gasteiger charge is -2.29. The molecular formula is C20H26N4O3. The Bertz CT molecular complexity index is 817. The third-order valence-corrected chi connectivity index (χ3v) is 5.18. The summed E-state index contributed by atoms with van der Waals surface area (Å²) in [6.45, 7) is 3.31. The first-order valence-corrected chi connectivity index (χ1v) is 9.11. The van der Waals surface area contributed by atoms with E-state index >= 15 is 0 Å². The molecule has 1 saturated heterocycles. The van der Waals surface area contributed by atoms with Gasteiger partial charge in [-0.25, -0.2) is 0 Å². The largest absolute Gasteiger partial charge is 0.383 e. The van der Waals surface area contributed by atoms with Crippen molar-refractivity contribution in [3.8, 4) is 0 Å². The second-order valence-corrected chi connectivity index (χ2v) is 6.86. The first kappa shape index (κ1) is 19.1. The van der Waals surface area contributed by atoms with Crippen LogP contribution < -0.4 is 5.32 Å². The van der Waals surface area contributed by atoms with Crippen LogP contribution in [0.5, 0.6) is 0 Å². The molecule has 2 amide bonds. The molecule has 1 N–H and O–H groups in total. The number of carbonyl (C=O) groups is 2. The fourth-order valence-corrected chi connectivity index (χ4v) is 3.67. The number of hydrogen-bond acceptors (Lipinski definition) is 4. The predicted molar refractivity (Wildman–Crippen MR) is 101 cm³/mol. The number of amides is 2. The van der Waals surface area contributed by atoms with E-state index in [-0.39, 0.29) is 24.3 Å². The van der Waals surface area contributed by atoms with Crippen LogP contribution in [0.4, 0.5) is 0 Å². The lowest BCUT2D eigenvalue weighted by atomic mass is 9.90. The van der Waals surface area contributed by atoms with Crippen LogP contribution >= 0.6 is 0 Å². The molecule has 7 heteroatoms. The maximum absolute atomic E-state index is 13.0. The van der Waals surface area contributed by atoms with Crippen LogP contribution in [-0.2, 0) is 27.9 Å². The van der Waals surface area contributed by atoms with Gasteiger partial charge in [-0.2, -0.15) is 5.10 Å². The van der Waals surface area contributed by atoms with Crippen LogP contribution in [-0.4, -0.2) is 46.8 Å². The van der Waals surface area contributed by atoms with Crippen LogP contribution in [0.2, 0.25) is 0 Å². The van der Waals surface area contributed by atoms with E-state index in [0.29, 0.717) is 19.7 Å². The zero-order valence-electron chi connectivity index (χ0n) is 16.0. The second-order valence-electron chi connectivity index (χ2n) is 6.86. The average Bonchev–Trinajstić information content (AvgIpc) is 3.21. The number of carbonyl (C=O) groups excluding carboxylic acids is 2. The summed E-state index contributed by atoms with van der Waals surface area (Å²) >= 11 is 0. The molecule has 144 valence electrons. The van der Waals surface area contributed by atoms with E-state index in [1.807, 2.05) is 44.3 Å². The minimum Gasteiger partial charge on any atom is -0.383 e. The molecule has 1 aromatic heterocycles. The van der Waals surface area contributed by atoms with E-state index in [2.05, 4.69) is 10.4 Å². The van der Waals surface area contributed by atoms with Gasteiger partial charge in [-0.1, -0.05) is 24.3 Å². The normalized spacial score (nSPS) is 19.5. The Hall–Kier alpha value is -2.67. The maximum atomic E-state index is 13.0. The molecule has 0 aliphatic carbocycles. The van der Waals surface area contributed by atoms with Crippen molar-refractivity contribution in [2.75, 3.05) is 20.3 Å². The molecule has 3 rings (SSSR count). The van der Waals surface area contributed by atoms with Crippen molar-refractivity contribution in [2.45, 2.75) is 25.9 Å². The minimum atomic E-state index is -0.427. The van der Waals surface area contributed by atoms with Crippen LogP contribution in [0.15, 0.2) is 36.5 Å². The maximum Gasteiger partial charge on any atom is 0.226 e. The first-order valence-electron chi connectivity index (χ1n) is 9.11. The number of benzene rings is 1. The number of methoxy groups -OCH3 is 1. The molecule has 2 aromatic rings. The number of nitrogens with zero attached hydrogens (tertiary/aromatic N) is 3. The zero-order valence-corrected chi connectivity index (χ0v) is 16.0. The molecule has 1 aliphatic heterocycles. The molecule has 2 atom stereocenters. The van der Waals surface area contributed by atoms with E-state index in [1.54, 1.807) is 22.9 Å². The van der Waals surface area contributed by atoms with Crippen LogP contribution in [0.3, 0.4) is 0 Å². The lowest BCUT2D eigenvalue weighted by molar-refractivity contribution is -0.129. The van der Waals surface area contributed by atoms with Gasteiger partial charge in [-0.15, -0.1) is 0 Å². The molecule has 0 bridgehead atoms. The Morgan fingerprint density at radius 2 is 2.11 bits per heavy atom. The van der Waals surface area contributed by atoms with Gasteiger partial charge in [-0.05, 0) is 24.1 Å². The van der Waals surface area contributed by atoms with Crippen molar-refractivity contribution in [2.24, 2.45) is 13.0 Å².